The van der Waals surface area contributed by atoms with E-state index in [1.54, 1.807) is 12.4 Å². The van der Waals surface area contributed by atoms with Crippen LogP contribution in [0.5, 0.6) is 0 Å². The van der Waals surface area contributed by atoms with Gasteiger partial charge in [0.15, 0.2) is 17.9 Å². The van der Waals surface area contributed by atoms with Crippen LogP contribution in [0.2, 0.25) is 5.02 Å². The first-order valence-electron chi connectivity index (χ1n) is 7.43. The van der Waals surface area contributed by atoms with Crippen molar-refractivity contribution in [3.05, 3.63) is 69.6 Å². The molecule has 2 heterocycles. The van der Waals surface area contributed by atoms with Crippen molar-refractivity contribution in [1.82, 2.24) is 4.57 Å². The Morgan fingerprint density at radius 2 is 1.86 bits per heavy atom. The average Bonchev–Trinajstić information content (AvgIpc) is 2.56. The summed E-state index contributed by atoms with van der Waals surface area (Å²) in [4.78, 5) is 11.3. The SMILES string of the molecule is O=c1ccn(C(OC2CCCCO2)c2ccc(Cl)cc2)cc1. The van der Waals surface area contributed by atoms with Crippen molar-refractivity contribution < 1.29 is 9.47 Å². The summed E-state index contributed by atoms with van der Waals surface area (Å²) < 4.78 is 13.7. The lowest BCUT2D eigenvalue weighted by Gasteiger charge is -2.29. The van der Waals surface area contributed by atoms with Crippen molar-refractivity contribution in [1.29, 1.82) is 0 Å². The van der Waals surface area contributed by atoms with Crippen molar-refractivity contribution in [3.8, 4) is 0 Å². The Kier molecular flexibility index (Phi) is 4.93. The van der Waals surface area contributed by atoms with Crippen LogP contribution in [-0.4, -0.2) is 17.5 Å². The normalized spacial score (nSPS) is 19.8. The minimum Gasteiger partial charge on any atom is -0.353 e. The third-order valence-electron chi connectivity index (χ3n) is 3.67. The number of hydrogen-bond acceptors (Lipinski definition) is 3. The molecule has 1 aliphatic rings. The van der Waals surface area contributed by atoms with Crippen LogP contribution < -0.4 is 5.43 Å². The zero-order valence-corrected chi connectivity index (χ0v) is 12.9. The summed E-state index contributed by atoms with van der Waals surface area (Å²) in [5, 5.41) is 0.677. The van der Waals surface area contributed by atoms with Gasteiger partial charge in [0, 0.05) is 41.7 Å². The van der Waals surface area contributed by atoms with Gasteiger partial charge in [-0.3, -0.25) is 4.79 Å². The number of hydrogen-bond donors (Lipinski definition) is 0. The van der Waals surface area contributed by atoms with E-state index in [1.165, 1.54) is 12.1 Å². The standard InChI is InChI=1S/C17H18ClNO3/c18-14-6-4-13(5-7-14)17(19-10-8-15(20)9-11-19)22-16-3-1-2-12-21-16/h4-11,16-17H,1-3,12H2. The Morgan fingerprint density at radius 3 is 2.50 bits per heavy atom. The maximum Gasteiger partial charge on any atom is 0.181 e. The first-order valence-corrected chi connectivity index (χ1v) is 7.80. The quantitative estimate of drug-likeness (QED) is 0.864. The second kappa shape index (κ2) is 7.09. The van der Waals surface area contributed by atoms with Crippen LogP contribution in [0.1, 0.15) is 31.1 Å². The van der Waals surface area contributed by atoms with E-state index >= 15 is 0 Å². The van der Waals surface area contributed by atoms with Gasteiger partial charge in [0.25, 0.3) is 0 Å². The number of aromatic nitrogens is 1. The number of benzene rings is 1. The molecule has 116 valence electrons. The molecule has 0 N–H and O–H groups in total. The van der Waals surface area contributed by atoms with Gasteiger partial charge in [-0.2, -0.15) is 0 Å². The molecule has 0 aliphatic carbocycles. The maximum absolute atomic E-state index is 11.3. The molecule has 1 fully saturated rings. The Morgan fingerprint density at radius 1 is 1.14 bits per heavy atom. The monoisotopic (exact) mass is 319 g/mol. The molecule has 1 aromatic carbocycles. The van der Waals surface area contributed by atoms with Gasteiger partial charge in [-0.1, -0.05) is 23.7 Å². The van der Waals surface area contributed by atoms with E-state index < -0.39 is 0 Å². The molecule has 0 spiro atoms. The lowest BCUT2D eigenvalue weighted by atomic mass is 10.1. The number of nitrogens with zero attached hydrogens (tertiary/aromatic N) is 1. The molecule has 5 heteroatoms. The van der Waals surface area contributed by atoms with Gasteiger partial charge >= 0.3 is 0 Å². The molecular weight excluding hydrogens is 302 g/mol. The maximum atomic E-state index is 11.3. The predicted octanol–water partition coefficient (Wildman–Crippen LogP) is 3.59. The molecule has 22 heavy (non-hydrogen) atoms. The molecule has 0 amide bonds. The van der Waals surface area contributed by atoms with Gasteiger partial charge < -0.3 is 14.0 Å². The summed E-state index contributed by atoms with van der Waals surface area (Å²) in [6, 6.07) is 10.6. The molecule has 2 aromatic rings. The van der Waals surface area contributed by atoms with Crippen LogP contribution in [0.25, 0.3) is 0 Å². The van der Waals surface area contributed by atoms with Crippen LogP contribution >= 0.6 is 11.6 Å². The third kappa shape index (κ3) is 3.77. The van der Waals surface area contributed by atoms with E-state index in [4.69, 9.17) is 21.1 Å². The van der Waals surface area contributed by atoms with E-state index in [2.05, 4.69) is 0 Å². The van der Waals surface area contributed by atoms with Crippen molar-refractivity contribution in [2.75, 3.05) is 6.61 Å². The van der Waals surface area contributed by atoms with Crippen molar-refractivity contribution in [2.24, 2.45) is 0 Å². The van der Waals surface area contributed by atoms with Crippen LogP contribution in [0.15, 0.2) is 53.6 Å². The average molecular weight is 320 g/mol. The highest BCUT2D eigenvalue weighted by atomic mass is 35.5. The van der Waals surface area contributed by atoms with Crippen LogP contribution in [-0.2, 0) is 9.47 Å². The predicted molar refractivity (Wildman–Crippen MR) is 85.0 cm³/mol. The van der Waals surface area contributed by atoms with Crippen molar-refractivity contribution in [3.63, 3.8) is 0 Å². The topological polar surface area (TPSA) is 40.5 Å². The minimum absolute atomic E-state index is 0.0278. The van der Waals surface area contributed by atoms with E-state index in [0.717, 1.165) is 31.4 Å². The van der Waals surface area contributed by atoms with Crippen LogP contribution in [0.3, 0.4) is 0 Å². The molecule has 1 aromatic heterocycles. The molecule has 3 rings (SSSR count). The summed E-state index contributed by atoms with van der Waals surface area (Å²) in [6.07, 6.45) is 5.93. The van der Waals surface area contributed by atoms with Crippen LogP contribution in [0, 0.1) is 0 Å². The van der Waals surface area contributed by atoms with Gasteiger partial charge in [0.2, 0.25) is 0 Å². The van der Waals surface area contributed by atoms with Gasteiger partial charge in [0.1, 0.15) is 0 Å². The second-order valence-electron chi connectivity index (χ2n) is 5.32. The smallest absolute Gasteiger partial charge is 0.181 e. The largest absolute Gasteiger partial charge is 0.353 e. The number of pyridine rings is 1. The zero-order valence-electron chi connectivity index (χ0n) is 12.2. The fourth-order valence-electron chi connectivity index (χ4n) is 2.49. The van der Waals surface area contributed by atoms with E-state index in [1.807, 2.05) is 28.8 Å². The fourth-order valence-corrected chi connectivity index (χ4v) is 2.62. The summed E-state index contributed by atoms with van der Waals surface area (Å²) in [6.45, 7) is 0.724. The summed E-state index contributed by atoms with van der Waals surface area (Å²) >= 11 is 5.96. The van der Waals surface area contributed by atoms with Gasteiger partial charge in [-0.25, -0.2) is 0 Å². The second-order valence-corrected chi connectivity index (χ2v) is 5.75. The molecule has 2 atom stereocenters. The van der Waals surface area contributed by atoms with Gasteiger partial charge in [0.05, 0.1) is 0 Å². The van der Waals surface area contributed by atoms with Crippen molar-refractivity contribution >= 4 is 11.6 Å². The highest BCUT2D eigenvalue weighted by Gasteiger charge is 2.21. The summed E-state index contributed by atoms with van der Waals surface area (Å²) in [7, 11) is 0. The molecular formula is C17H18ClNO3. The molecule has 0 radical (unpaired) electrons. The Labute approximate surface area is 134 Å². The molecule has 0 saturated carbocycles. The van der Waals surface area contributed by atoms with E-state index in [-0.39, 0.29) is 17.9 Å². The fraction of sp³-hybridized carbons (Fsp3) is 0.353. The first-order chi connectivity index (χ1) is 10.7. The number of ether oxygens (including phenoxy) is 2. The Bertz CT molecular complexity index is 642. The Balaban J connectivity index is 1.88. The van der Waals surface area contributed by atoms with E-state index in [9.17, 15) is 4.79 Å². The van der Waals surface area contributed by atoms with Crippen molar-refractivity contribution in [2.45, 2.75) is 31.8 Å². The zero-order chi connectivity index (χ0) is 15.4. The highest BCUT2D eigenvalue weighted by molar-refractivity contribution is 6.30. The summed E-state index contributed by atoms with van der Waals surface area (Å²) in [5.41, 5.74) is 0.933. The molecule has 1 aliphatic heterocycles. The lowest BCUT2D eigenvalue weighted by Crippen LogP contribution is -2.27. The molecule has 4 nitrogen and oxygen atoms in total. The molecule has 0 bridgehead atoms. The number of rotatable bonds is 4. The number of halogens is 1. The Hall–Kier alpha value is -1.62. The van der Waals surface area contributed by atoms with Crippen LogP contribution in [0.4, 0.5) is 0 Å². The third-order valence-corrected chi connectivity index (χ3v) is 3.92. The highest BCUT2D eigenvalue weighted by Crippen LogP contribution is 2.26. The molecule has 2 unspecified atom stereocenters. The first kappa shape index (κ1) is 15.3. The minimum atomic E-state index is -0.346. The molecule has 1 saturated heterocycles. The van der Waals surface area contributed by atoms with Gasteiger partial charge in [-0.15, -0.1) is 0 Å². The lowest BCUT2D eigenvalue weighted by molar-refractivity contribution is -0.196. The summed E-state index contributed by atoms with van der Waals surface area (Å²) in [5.74, 6) is 0. The van der Waals surface area contributed by atoms with E-state index in [0.29, 0.717) is 5.02 Å². The van der Waals surface area contributed by atoms with Gasteiger partial charge in [-0.05, 0) is 31.4 Å².